The number of nitrogens with zero attached hydrogens (tertiary/aromatic N) is 2. The van der Waals surface area contributed by atoms with Crippen LogP contribution >= 0.6 is 0 Å². The number of rotatable bonds is 4. The molecule has 1 aliphatic heterocycles. The zero-order valence-electron chi connectivity index (χ0n) is 9.89. The van der Waals surface area contributed by atoms with Crippen molar-refractivity contribution in [2.45, 2.75) is 24.7 Å². The van der Waals surface area contributed by atoms with Crippen LogP contribution in [0.2, 0.25) is 0 Å². The van der Waals surface area contributed by atoms with Gasteiger partial charge in [0, 0.05) is 25.8 Å². The number of hydrogen-bond donors (Lipinski definition) is 1. The van der Waals surface area contributed by atoms with E-state index in [0.717, 1.165) is 12.8 Å². The molecule has 0 amide bonds. The highest BCUT2D eigenvalue weighted by Crippen LogP contribution is 2.25. The van der Waals surface area contributed by atoms with Gasteiger partial charge in [0.05, 0.1) is 0 Å². The molecule has 5 nitrogen and oxygen atoms in total. The summed E-state index contributed by atoms with van der Waals surface area (Å²) in [5.41, 5.74) is 0. The Kier molecular flexibility index (Phi) is 3.63. The Hall–Kier alpha value is -1.14. The standard InChI is InChI=1S/C11H17N3O2S/c1-2-12-11-10(6-5-7-13-11)17(15,16)14-8-3-4-9-14/h5-7H,2-4,8-9H2,1H3,(H,12,13). The van der Waals surface area contributed by atoms with Gasteiger partial charge >= 0.3 is 0 Å². The predicted octanol–water partition coefficient (Wildman–Crippen LogP) is 1.30. The third-order valence-electron chi connectivity index (χ3n) is 2.80. The molecule has 1 saturated heterocycles. The molecule has 0 bridgehead atoms. The first-order valence-corrected chi connectivity index (χ1v) is 7.29. The zero-order valence-corrected chi connectivity index (χ0v) is 10.7. The Morgan fingerprint density at radius 2 is 2.12 bits per heavy atom. The lowest BCUT2D eigenvalue weighted by atomic mass is 10.4. The van der Waals surface area contributed by atoms with Gasteiger partial charge in [0.2, 0.25) is 10.0 Å². The highest BCUT2D eigenvalue weighted by atomic mass is 32.2. The fraction of sp³-hybridized carbons (Fsp3) is 0.545. The molecule has 0 radical (unpaired) electrons. The van der Waals surface area contributed by atoms with Gasteiger partial charge in [-0.25, -0.2) is 13.4 Å². The normalized spacial score (nSPS) is 17.2. The third kappa shape index (κ3) is 2.42. The maximum atomic E-state index is 12.4. The molecule has 0 unspecified atom stereocenters. The first-order chi connectivity index (χ1) is 8.16. The summed E-state index contributed by atoms with van der Waals surface area (Å²) >= 11 is 0. The SMILES string of the molecule is CCNc1ncccc1S(=O)(=O)N1CCCC1. The molecule has 0 aromatic carbocycles. The fourth-order valence-corrected chi connectivity index (χ4v) is 3.60. The molecule has 1 aliphatic rings. The number of hydrogen-bond acceptors (Lipinski definition) is 4. The molecule has 0 saturated carbocycles. The largest absolute Gasteiger partial charge is 0.369 e. The van der Waals surface area contributed by atoms with E-state index in [0.29, 0.717) is 25.5 Å². The maximum absolute atomic E-state index is 12.4. The van der Waals surface area contributed by atoms with Crippen LogP contribution in [0.1, 0.15) is 19.8 Å². The Balaban J connectivity index is 2.38. The van der Waals surface area contributed by atoms with Crippen molar-refractivity contribution in [3.8, 4) is 0 Å². The van der Waals surface area contributed by atoms with Crippen molar-refractivity contribution in [1.29, 1.82) is 0 Å². The molecule has 1 fully saturated rings. The van der Waals surface area contributed by atoms with Gasteiger partial charge in [-0.05, 0) is 31.9 Å². The summed E-state index contributed by atoms with van der Waals surface area (Å²) in [5, 5.41) is 2.99. The Morgan fingerprint density at radius 3 is 2.76 bits per heavy atom. The molecule has 0 atom stereocenters. The van der Waals surface area contributed by atoms with Crippen molar-refractivity contribution in [2.75, 3.05) is 25.0 Å². The molecule has 1 N–H and O–H groups in total. The summed E-state index contributed by atoms with van der Waals surface area (Å²) in [6.07, 6.45) is 3.48. The first-order valence-electron chi connectivity index (χ1n) is 5.85. The third-order valence-corrected chi connectivity index (χ3v) is 4.73. The Bertz CT molecular complexity index is 481. The van der Waals surface area contributed by atoms with Crippen LogP contribution in [0.4, 0.5) is 5.82 Å². The van der Waals surface area contributed by atoms with E-state index in [-0.39, 0.29) is 4.90 Å². The highest BCUT2D eigenvalue weighted by molar-refractivity contribution is 7.89. The van der Waals surface area contributed by atoms with Crippen molar-refractivity contribution >= 4 is 15.8 Å². The number of pyridine rings is 1. The molecule has 2 heterocycles. The Labute approximate surface area is 102 Å². The van der Waals surface area contributed by atoms with Crippen LogP contribution in [0, 0.1) is 0 Å². The van der Waals surface area contributed by atoms with Gasteiger partial charge in [0.25, 0.3) is 0 Å². The van der Waals surface area contributed by atoms with Crippen molar-refractivity contribution < 1.29 is 8.42 Å². The van der Waals surface area contributed by atoms with E-state index in [4.69, 9.17) is 0 Å². The van der Waals surface area contributed by atoms with E-state index >= 15 is 0 Å². The number of sulfonamides is 1. The van der Waals surface area contributed by atoms with E-state index in [1.807, 2.05) is 6.92 Å². The van der Waals surface area contributed by atoms with Crippen LogP contribution < -0.4 is 5.32 Å². The average molecular weight is 255 g/mol. The van der Waals surface area contributed by atoms with E-state index in [1.54, 1.807) is 18.3 Å². The number of nitrogens with one attached hydrogen (secondary N) is 1. The lowest BCUT2D eigenvalue weighted by Gasteiger charge is -2.17. The summed E-state index contributed by atoms with van der Waals surface area (Å²) < 4.78 is 26.3. The first kappa shape index (κ1) is 12.3. The number of aromatic nitrogens is 1. The van der Waals surface area contributed by atoms with Gasteiger partial charge in [-0.1, -0.05) is 0 Å². The van der Waals surface area contributed by atoms with Crippen LogP contribution in [-0.4, -0.2) is 37.3 Å². The molecular formula is C11H17N3O2S. The summed E-state index contributed by atoms with van der Waals surface area (Å²) in [6, 6.07) is 3.27. The second-order valence-electron chi connectivity index (χ2n) is 3.99. The number of anilines is 1. The molecule has 1 aromatic heterocycles. The molecule has 2 rings (SSSR count). The lowest BCUT2D eigenvalue weighted by molar-refractivity contribution is 0.477. The van der Waals surface area contributed by atoms with Crippen molar-refractivity contribution in [3.63, 3.8) is 0 Å². The molecule has 94 valence electrons. The maximum Gasteiger partial charge on any atom is 0.246 e. The van der Waals surface area contributed by atoms with Crippen LogP contribution in [0.3, 0.4) is 0 Å². The van der Waals surface area contributed by atoms with Gasteiger partial charge in [-0.3, -0.25) is 0 Å². The lowest BCUT2D eigenvalue weighted by Crippen LogP contribution is -2.28. The predicted molar refractivity (Wildman–Crippen MR) is 66.4 cm³/mol. The second-order valence-corrected chi connectivity index (χ2v) is 5.90. The van der Waals surface area contributed by atoms with Gasteiger partial charge < -0.3 is 5.32 Å². The van der Waals surface area contributed by atoms with Crippen LogP contribution in [-0.2, 0) is 10.0 Å². The molecule has 0 aliphatic carbocycles. The highest BCUT2D eigenvalue weighted by Gasteiger charge is 2.29. The molecular weight excluding hydrogens is 238 g/mol. The summed E-state index contributed by atoms with van der Waals surface area (Å²) in [6.45, 7) is 3.80. The summed E-state index contributed by atoms with van der Waals surface area (Å²) in [5.74, 6) is 0.446. The molecule has 0 spiro atoms. The second kappa shape index (κ2) is 5.01. The van der Waals surface area contributed by atoms with E-state index in [2.05, 4.69) is 10.3 Å². The van der Waals surface area contributed by atoms with Crippen molar-refractivity contribution in [2.24, 2.45) is 0 Å². The van der Waals surface area contributed by atoms with Gasteiger partial charge in [0.15, 0.2) is 0 Å². The minimum atomic E-state index is -3.38. The topological polar surface area (TPSA) is 62.3 Å². The van der Waals surface area contributed by atoms with E-state index in [1.165, 1.54) is 4.31 Å². The summed E-state index contributed by atoms with van der Waals surface area (Å²) in [7, 11) is -3.38. The monoisotopic (exact) mass is 255 g/mol. The van der Waals surface area contributed by atoms with Gasteiger partial charge in [0.1, 0.15) is 10.7 Å². The van der Waals surface area contributed by atoms with Crippen LogP contribution in [0.5, 0.6) is 0 Å². The minimum Gasteiger partial charge on any atom is -0.369 e. The van der Waals surface area contributed by atoms with Crippen molar-refractivity contribution in [3.05, 3.63) is 18.3 Å². The average Bonchev–Trinajstić information content (AvgIpc) is 2.84. The van der Waals surface area contributed by atoms with Gasteiger partial charge in [-0.15, -0.1) is 0 Å². The van der Waals surface area contributed by atoms with E-state index in [9.17, 15) is 8.42 Å². The smallest absolute Gasteiger partial charge is 0.246 e. The zero-order chi connectivity index (χ0) is 12.3. The van der Waals surface area contributed by atoms with E-state index < -0.39 is 10.0 Å². The summed E-state index contributed by atoms with van der Waals surface area (Å²) in [4.78, 5) is 4.37. The molecule has 17 heavy (non-hydrogen) atoms. The van der Waals surface area contributed by atoms with Gasteiger partial charge in [-0.2, -0.15) is 4.31 Å². The minimum absolute atomic E-state index is 0.281. The molecule has 6 heteroatoms. The Morgan fingerprint density at radius 1 is 1.41 bits per heavy atom. The molecule has 1 aromatic rings. The fourth-order valence-electron chi connectivity index (χ4n) is 1.97. The van der Waals surface area contributed by atoms with Crippen molar-refractivity contribution in [1.82, 2.24) is 9.29 Å². The van der Waals surface area contributed by atoms with Crippen LogP contribution in [0.15, 0.2) is 23.2 Å². The quantitative estimate of drug-likeness (QED) is 0.881. The van der Waals surface area contributed by atoms with Crippen LogP contribution in [0.25, 0.3) is 0 Å².